The van der Waals surface area contributed by atoms with Crippen molar-refractivity contribution in [3.63, 3.8) is 0 Å². The minimum atomic E-state index is -0.983. The Hall–Kier alpha value is -3.36. The van der Waals surface area contributed by atoms with Crippen molar-refractivity contribution in [1.82, 2.24) is 0 Å². The Kier molecular flexibility index (Phi) is 9.28. The first-order valence-electron chi connectivity index (χ1n) is 10.4. The first-order chi connectivity index (χ1) is 16.8. The molecule has 0 unspecified atom stereocenters. The van der Waals surface area contributed by atoms with Gasteiger partial charge in [-0.2, -0.15) is 5.26 Å². The highest BCUT2D eigenvalue weighted by molar-refractivity contribution is 14.1. The molecule has 0 bridgehead atoms. The fourth-order valence-electron chi connectivity index (χ4n) is 3.04. The van der Waals surface area contributed by atoms with Crippen molar-refractivity contribution < 1.29 is 24.2 Å². The Morgan fingerprint density at radius 3 is 2.51 bits per heavy atom. The number of benzene rings is 3. The minimum absolute atomic E-state index is 0.0540. The van der Waals surface area contributed by atoms with Crippen LogP contribution in [-0.4, -0.2) is 23.6 Å². The zero-order valence-corrected chi connectivity index (χ0v) is 22.3. The molecular weight excluding hydrogens is 627 g/mol. The molecule has 3 rings (SSSR count). The van der Waals surface area contributed by atoms with E-state index in [0.29, 0.717) is 33.8 Å². The molecule has 1 amide bonds. The number of anilines is 1. The standard InChI is InChI=1S/C26H20BrIN2O5/c1-2-34-21-5-3-4-20(13-21)30-25(31)19(14-29)10-17-11-22(27)24(23(28)12-17)35-15-16-6-8-18(9-7-16)26(32)33/h3-13H,2,15H2,1H3,(H,30,31)(H,32,33)/b19-10-. The number of ether oxygens (including phenoxy) is 2. The van der Waals surface area contributed by atoms with E-state index in [0.717, 1.165) is 9.13 Å². The lowest BCUT2D eigenvalue weighted by Gasteiger charge is -2.12. The van der Waals surface area contributed by atoms with Crippen LogP contribution >= 0.6 is 38.5 Å². The van der Waals surface area contributed by atoms with E-state index >= 15 is 0 Å². The molecule has 7 nitrogen and oxygen atoms in total. The van der Waals surface area contributed by atoms with Crippen LogP contribution in [0.4, 0.5) is 5.69 Å². The number of nitriles is 1. The smallest absolute Gasteiger partial charge is 0.335 e. The van der Waals surface area contributed by atoms with Crippen molar-refractivity contribution in [1.29, 1.82) is 5.26 Å². The van der Waals surface area contributed by atoms with Gasteiger partial charge in [-0.15, -0.1) is 0 Å². The van der Waals surface area contributed by atoms with Gasteiger partial charge in [0.25, 0.3) is 5.91 Å². The quantitative estimate of drug-likeness (QED) is 0.161. The number of halogens is 2. The topological polar surface area (TPSA) is 109 Å². The highest BCUT2D eigenvalue weighted by Crippen LogP contribution is 2.33. The van der Waals surface area contributed by atoms with Crippen LogP contribution in [0.25, 0.3) is 6.08 Å². The Balaban J connectivity index is 1.73. The van der Waals surface area contributed by atoms with Crippen LogP contribution < -0.4 is 14.8 Å². The number of amides is 1. The van der Waals surface area contributed by atoms with Crippen LogP contribution in [0.5, 0.6) is 11.5 Å². The fraction of sp³-hybridized carbons (Fsp3) is 0.115. The van der Waals surface area contributed by atoms with E-state index in [1.807, 2.05) is 13.0 Å². The molecule has 0 aromatic heterocycles. The van der Waals surface area contributed by atoms with E-state index in [2.05, 4.69) is 43.8 Å². The highest BCUT2D eigenvalue weighted by Gasteiger charge is 2.13. The number of nitrogens with zero attached hydrogens (tertiary/aromatic N) is 1. The molecule has 3 aromatic carbocycles. The second-order valence-electron chi connectivity index (χ2n) is 7.19. The minimum Gasteiger partial charge on any atom is -0.494 e. The predicted molar refractivity (Wildman–Crippen MR) is 144 cm³/mol. The maximum atomic E-state index is 12.7. The normalized spacial score (nSPS) is 10.9. The van der Waals surface area contributed by atoms with Gasteiger partial charge in [0.2, 0.25) is 0 Å². The largest absolute Gasteiger partial charge is 0.494 e. The SMILES string of the molecule is CCOc1cccc(NC(=O)/C(C#N)=C\c2cc(Br)c(OCc3ccc(C(=O)O)cc3)c(I)c2)c1. The van der Waals surface area contributed by atoms with Crippen molar-refractivity contribution in [2.24, 2.45) is 0 Å². The second kappa shape index (κ2) is 12.4. The number of aromatic carboxylic acids is 1. The molecule has 0 heterocycles. The van der Waals surface area contributed by atoms with Crippen molar-refractivity contribution in [3.8, 4) is 17.6 Å². The predicted octanol–water partition coefficient (Wildman–Crippen LogP) is 6.28. The van der Waals surface area contributed by atoms with Crippen molar-refractivity contribution >= 4 is 62.2 Å². The second-order valence-corrected chi connectivity index (χ2v) is 9.21. The van der Waals surface area contributed by atoms with Crippen LogP contribution in [0.15, 0.2) is 70.7 Å². The van der Waals surface area contributed by atoms with E-state index in [9.17, 15) is 14.9 Å². The molecule has 3 aromatic rings. The van der Waals surface area contributed by atoms with Crippen LogP contribution in [-0.2, 0) is 11.4 Å². The maximum Gasteiger partial charge on any atom is 0.335 e. The van der Waals surface area contributed by atoms with E-state index in [4.69, 9.17) is 14.6 Å². The number of nitrogens with one attached hydrogen (secondary N) is 1. The number of rotatable bonds is 9. The van der Waals surface area contributed by atoms with Gasteiger partial charge in [0, 0.05) is 11.8 Å². The van der Waals surface area contributed by atoms with Gasteiger partial charge in [-0.1, -0.05) is 18.2 Å². The van der Waals surface area contributed by atoms with Gasteiger partial charge in [-0.25, -0.2) is 4.79 Å². The molecule has 0 spiro atoms. The third kappa shape index (κ3) is 7.31. The summed E-state index contributed by atoms with van der Waals surface area (Å²) in [6.07, 6.45) is 1.50. The molecule has 178 valence electrons. The summed E-state index contributed by atoms with van der Waals surface area (Å²) in [4.78, 5) is 23.7. The lowest BCUT2D eigenvalue weighted by Crippen LogP contribution is -2.13. The number of hydrogen-bond acceptors (Lipinski definition) is 5. The summed E-state index contributed by atoms with van der Waals surface area (Å²) in [5.74, 6) is -0.291. The first-order valence-corrected chi connectivity index (χ1v) is 12.3. The molecule has 35 heavy (non-hydrogen) atoms. The fourth-order valence-corrected chi connectivity index (χ4v) is 4.81. The average Bonchev–Trinajstić information content (AvgIpc) is 2.82. The summed E-state index contributed by atoms with van der Waals surface area (Å²) < 4.78 is 12.8. The van der Waals surface area contributed by atoms with Crippen LogP contribution in [0, 0.1) is 14.9 Å². The van der Waals surface area contributed by atoms with E-state index in [1.165, 1.54) is 18.2 Å². The molecule has 0 saturated carbocycles. The molecule has 2 N–H and O–H groups in total. The molecule has 9 heteroatoms. The van der Waals surface area contributed by atoms with Crippen LogP contribution in [0.2, 0.25) is 0 Å². The molecule has 0 aliphatic carbocycles. The molecule has 0 radical (unpaired) electrons. The molecule has 0 aliphatic rings. The Labute approximate surface area is 224 Å². The summed E-state index contributed by atoms with van der Waals surface area (Å²) in [5.41, 5.74) is 2.15. The maximum absolute atomic E-state index is 12.7. The van der Waals surface area contributed by atoms with Crippen molar-refractivity contribution in [3.05, 3.63) is 91.0 Å². The van der Waals surface area contributed by atoms with E-state index in [1.54, 1.807) is 48.5 Å². The zero-order chi connectivity index (χ0) is 25.4. The Bertz CT molecular complexity index is 1290. The molecule has 0 fully saturated rings. The van der Waals surface area contributed by atoms with E-state index in [-0.39, 0.29) is 17.7 Å². The van der Waals surface area contributed by atoms with Gasteiger partial charge in [0.1, 0.15) is 29.7 Å². The molecule has 0 saturated heterocycles. The van der Waals surface area contributed by atoms with Gasteiger partial charge in [0.05, 0.1) is 20.2 Å². The van der Waals surface area contributed by atoms with Crippen molar-refractivity contribution in [2.75, 3.05) is 11.9 Å². The summed E-state index contributed by atoms with van der Waals surface area (Å²) >= 11 is 5.61. The van der Waals surface area contributed by atoms with Crippen LogP contribution in [0.3, 0.4) is 0 Å². The lowest BCUT2D eigenvalue weighted by atomic mass is 10.1. The summed E-state index contributed by atoms with van der Waals surface area (Å²) in [5, 5.41) is 21.3. The van der Waals surface area contributed by atoms with Gasteiger partial charge < -0.3 is 19.9 Å². The Morgan fingerprint density at radius 2 is 1.89 bits per heavy atom. The number of hydrogen-bond donors (Lipinski definition) is 2. The summed E-state index contributed by atoms with van der Waals surface area (Å²) in [6.45, 7) is 2.62. The molecule has 0 atom stereocenters. The monoisotopic (exact) mass is 646 g/mol. The molecular formula is C26H20BrIN2O5. The highest BCUT2D eigenvalue weighted by atomic mass is 127. The number of carboxylic acids is 1. The van der Waals surface area contributed by atoms with Gasteiger partial charge in [-0.05, 0) is 99.0 Å². The Morgan fingerprint density at radius 1 is 1.14 bits per heavy atom. The average molecular weight is 647 g/mol. The van der Waals surface area contributed by atoms with Gasteiger partial charge in [-0.3, -0.25) is 4.79 Å². The third-order valence-corrected chi connectivity index (χ3v) is 6.07. The first kappa shape index (κ1) is 26.2. The van der Waals surface area contributed by atoms with Gasteiger partial charge >= 0.3 is 5.97 Å². The number of carbonyl (C=O) groups excluding carboxylic acids is 1. The van der Waals surface area contributed by atoms with Gasteiger partial charge in [0.15, 0.2) is 0 Å². The van der Waals surface area contributed by atoms with Crippen molar-refractivity contribution in [2.45, 2.75) is 13.5 Å². The molecule has 0 aliphatic heterocycles. The number of carbonyl (C=O) groups is 2. The zero-order valence-electron chi connectivity index (χ0n) is 18.5. The van der Waals surface area contributed by atoms with E-state index < -0.39 is 11.9 Å². The third-order valence-electron chi connectivity index (χ3n) is 4.68. The van der Waals surface area contributed by atoms with Crippen LogP contribution in [0.1, 0.15) is 28.4 Å². The lowest BCUT2D eigenvalue weighted by molar-refractivity contribution is -0.112. The number of carboxylic acid groups (broad SMARTS) is 1. The summed E-state index contributed by atoms with van der Waals surface area (Å²) in [7, 11) is 0. The summed E-state index contributed by atoms with van der Waals surface area (Å²) in [6, 6.07) is 18.9.